The van der Waals surface area contributed by atoms with E-state index in [2.05, 4.69) is 5.32 Å². The highest BCUT2D eigenvalue weighted by Gasteiger charge is 2.32. The summed E-state index contributed by atoms with van der Waals surface area (Å²) in [6.07, 6.45) is 0.377. The van der Waals surface area contributed by atoms with Gasteiger partial charge in [-0.3, -0.25) is 9.59 Å². The standard InChI is InChI=1S/C28H29FN2O3/c1-3-26(32)31-15-14-21-12-13-24(17-25(21)27(31)22-10-7-11-23(29)16-22)34-19(2)28(33)30-18-20-8-5-4-6-9-20/h4-13,16-17,19,27H,3,14-15,18H2,1-2H3,(H,30,33)/t19-,27+/m0/s1. The van der Waals surface area contributed by atoms with Crippen LogP contribution in [0.15, 0.2) is 72.8 Å². The summed E-state index contributed by atoms with van der Waals surface area (Å²) >= 11 is 0. The zero-order valence-corrected chi connectivity index (χ0v) is 19.5. The molecule has 2 amide bonds. The quantitative estimate of drug-likeness (QED) is 0.551. The molecule has 5 nitrogen and oxygen atoms in total. The van der Waals surface area contributed by atoms with Crippen LogP contribution in [0.1, 0.15) is 48.6 Å². The molecule has 1 aliphatic rings. The van der Waals surface area contributed by atoms with E-state index in [4.69, 9.17) is 4.74 Å². The van der Waals surface area contributed by atoms with Crippen molar-refractivity contribution in [3.8, 4) is 5.75 Å². The van der Waals surface area contributed by atoms with Crippen LogP contribution in [0.25, 0.3) is 0 Å². The molecule has 4 rings (SSSR count). The van der Waals surface area contributed by atoms with E-state index < -0.39 is 12.1 Å². The Hall–Kier alpha value is -3.67. The van der Waals surface area contributed by atoms with Gasteiger partial charge < -0.3 is 15.0 Å². The molecule has 0 aromatic heterocycles. The molecule has 0 spiro atoms. The van der Waals surface area contributed by atoms with E-state index in [0.717, 1.165) is 16.7 Å². The highest BCUT2D eigenvalue weighted by atomic mass is 19.1. The van der Waals surface area contributed by atoms with Gasteiger partial charge in [0.05, 0.1) is 6.04 Å². The highest BCUT2D eigenvalue weighted by molar-refractivity contribution is 5.80. The minimum Gasteiger partial charge on any atom is -0.481 e. The van der Waals surface area contributed by atoms with Crippen molar-refractivity contribution in [2.75, 3.05) is 6.54 Å². The summed E-state index contributed by atoms with van der Waals surface area (Å²) in [5.41, 5.74) is 3.71. The summed E-state index contributed by atoms with van der Waals surface area (Å²) in [6, 6.07) is 21.3. The Bertz CT molecular complexity index is 1170. The molecule has 0 fully saturated rings. The number of fused-ring (bicyclic) bond motifs is 1. The van der Waals surface area contributed by atoms with Crippen LogP contribution in [0.2, 0.25) is 0 Å². The highest BCUT2D eigenvalue weighted by Crippen LogP contribution is 2.37. The molecule has 6 heteroatoms. The lowest BCUT2D eigenvalue weighted by atomic mass is 9.87. The number of rotatable bonds is 7. The topological polar surface area (TPSA) is 58.6 Å². The van der Waals surface area contributed by atoms with E-state index in [0.29, 0.717) is 37.2 Å². The van der Waals surface area contributed by atoms with Crippen LogP contribution < -0.4 is 10.1 Å². The van der Waals surface area contributed by atoms with Crippen LogP contribution >= 0.6 is 0 Å². The molecule has 0 radical (unpaired) electrons. The number of nitrogens with zero attached hydrogens (tertiary/aromatic N) is 1. The lowest BCUT2D eigenvalue weighted by Crippen LogP contribution is -2.40. The molecule has 0 aliphatic carbocycles. The first-order chi connectivity index (χ1) is 16.5. The van der Waals surface area contributed by atoms with Crippen LogP contribution in [-0.4, -0.2) is 29.4 Å². The van der Waals surface area contributed by atoms with Crippen molar-refractivity contribution in [1.29, 1.82) is 0 Å². The fourth-order valence-electron chi connectivity index (χ4n) is 4.36. The first-order valence-corrected chi connectivity index (χ1v) is 11.6. The van der Waals surface area contributed by atoms with Gasteiger partial charge in [0.15, 0.2) is 6.10 Å². The minimum absolute atomic E-state index is 0.0138. The number of nitrogens with one attached hydrogen (secondary N) is 1. The molecule has 3 aromatic rings. The fraction of sp³-hybridized carbons (Fsp3) is 0.286. The third-order valence-corrected chi connectivity index (χ3v) is 6.12. The molecule has 0 saturated carbocycles. The van der Waals surface area contributed by atoms with Crippen LogP contribution in [0.5, 0.6) is 5.75 Å². The van der Waals surface area contributed by atoms with Gasteiger partial charge in [0.2, 0.25) is 5.91 Å². The molecule has 0 bridgehead atoms. The number of hydrogen-bond donors (Lipinski definition) is 1. The zero-order chi connectivity index (χ0) is 24.1. The van der Waals surface area contributed by atoms with E-state index >= 15 is 0 Å². The molecule has 1 heterocycles. The van der Waals surface area contributed by atoms with Gasteiger partial charge in [-0.05, 0) is 59.9 Å². The average molecular weight is 461 g/mol. The van der Waals surface area contributed by atoms with Gasteiger partial charge in [-0.25, -0.2) is 4.39 Å². The monoisotopic (exact) mass is 460 g/mol. The Kier molecular flexibility index (Phi) is 7.26. The number of ether oxygens (including phenoxy) is 1. The molecule has 0 saturated heterocycles. The van der Waals surface area contributed by atoms with Gasteiger partial charge in [-0.2, -0.15) is 0 Å². The van der Waals surface area contributed by atoms with Gasteiger partial charge in [-0.15, -0.1) is 0 Å². The molecular weight excluding hydrogens is 431 g/mol. The maximum Gasteiger partial charge on any atom is 0.261 e. The Morgan fingerprint density at radius 2 is 1.88 bits per heavy atom. The van der Waals surface area contributed by atoms with Gasteiger partial charge in [0, 0.05) is 19.5 Å². The van der Waals surface area contributed by atoms with E-state index in [9.17, 15) is 14.0 Å². The second kappa shape index (κ2) is 10.5. The van der Waals surface area contributed by atoms with Crippen molar-refractivity contribution in [2.24, 2.45) is 0 Å². The average Bonchev–Trinajstić information content (AvgIpc) is 2.86. The summed E-state index contributed by atoms with van der Waals surface area (Å²) in [4.78, 5) is 27.1. The third-order valence-electron chi connectivity index (χ3n) is 6.12. The molecule has 176 valence electrons. The van der Waals surface area contributed by atoms with Crippen molar-refractivity contribution in [3.05, 3.63) is 101 Å². The first kappa shape index (κ1) is 23.5. The molecular formula is C28H29FN2O3. The van der Waals surface area contributed by atoms with E-state index in [1.54, 1.807) is 17.9 Å². The second-order valence-corrected chi connectivity index (χ2v) is 8.47. The normalized spacial score (nSPS) is 15.9. The van der Waals surface area contributed by atoms with Gasteiger partial charge in [0.25, 0.3) is 5.91 Å². The van der Waals surface area contributed by atoms with E-state index in [1.807, 2.05) is 61.5 Å². The smallest absolute Gasteiger partial charge is 0.261 e. The van der Waals surface area contributed by atoms with Crippen LogP contribution in [0, 0.1) is 5.82 Å². The number of benzene rings is 3. The maximum atomic E-state index is 14.1. The van der Waals surface area contributed by atoms with Crippen molar-refractivity contribution < 1.29 is 18.7 Å². The first-order valence-electron chi connectivity index (χ1n) is 11.6. The molecule has 1 aliphatic heterocycles. The van der Waals surface area contributed by atoms with Gasteiger partial charge >= 0.3 is 0 Å². The van der Waals surface area contributed by atoms with Gasteiger partial charge in [0.1, 0.15) is 11.6 Å². The Morgan fingerprint density at radius 1 is 1.09 bits per heavy atom. The van der Waals surface area contributed by atoms with E-state index in [-0.39, 0.29) is 17.6 Å². The predicted octanol–water partition coefficient (Wildman–Crippen LogP) is 4.79. The van der Waals surface area contributed by atoms with Crippen LogP contribution in [0.4, 0.5) is 4.39 Å². The second-order valence-electron chi connectivity index (χ2n) is 8.47. The third kappa shape index (κ3) is 5.28. The zero-order valence-electron chi connectivity index (χ0n) is 19.5. The van der Waals surface area contributed by atoms with Crippen molar-refractivity contribution in [3.63, 3.8) is 0 Å². The fourth-order valence-corrected chi connectivity index (χ4v) is 4.36. The Balaban J connectivity index is 1.56. The summed E-state index contributed by atoms with van der Waals surface area (Å²) < 4.78 is 20.0. The largest absolute Gasteiger partial charge is 0.481 e. The molecule has 1 N–H and O–H groups in total. The van der Waals surface area contributed by atoms with Crippen LogP contribution in [0.3, 0.4) is 0 Å². The Morgan fingerprint density at radius 3 is 2.62 bits per heavy atom. The molecule has 0 unspecified atom stereocenters. The predicted molar refractivity (Wildman–Crippen MR) is 129 cm³/mol. The summed E-state index contributed by atoms with van der Waals surface area (Å²) in [7, 11) is 0. The number of hydrogen-bond acceptors (Lipinski definition) is 3. The lowest BCUT2D eigenvalue weighted by molar-refractivity contribution is -0.133. The minimum atomic E-state index is -0.702. The number of carbonyl (C=O) groups excluding carboxylic acids is 2. The SMILES string of the molecule is CCC(=O)N1CCc2ccc(O[C@@H](C)C(=O)NCc3ccccc3)cc2[C@H]1c1cccc(F)c1. The summed E-state index contributed by atoms with van der Waals surface area (Å²) in [6.45, 7) is 4.53. The number of halogens is 1. The molecule has 2 atom stereocenters. The van der Waals surface area contributed by atoms with Gasteiger partial charge in [-0.1, -0.05) is 55.5 Å². The van der Waals surface area contributed by atoms with Crippen molar-refractivity contribution >= 4 is 11.8 Å². The summed E-state index contributed by atoms with van der Waals surface area (Å²) in [5.74, 6) is -0.0103. The number of amides is 2. The maximum absolute atomic E-state index is 14.1. The number of carbonyl (C=O) groups is 2. The van der Waals surface area contributed by atoms with E-state index in [1.165, 1.54) is 12.1 Å². The van der Waals surface area contributed by atoms with Crippen molar-refractivity contribution in [1.82, 2.24) is 10.2 Å². The lowest BCUT2D eigenvalue weighted by Gasteiger charge is -2.38. The Labute approximate surface area is 199 Å². The van der Waals surface area contributed by atoms with Crippen LogP contribution in [-0.2, 0) is 22.6 Å². The van der Waals surface area contributed by atoms with Crippen molar-refractivity contribution in [2.45, 2.75) is 45.4 Å². The summed E-state index contributed by atoms with van der Waals surface area (Å²) in [5, 5.41) is 2.89. The molecule has 3 aromatic carbocycles. The molecule has 34 heavy (non-hydrogen) atoms.